The van der Waals surface area contributed by atoms with E-state index in [1.54, 1.807) is 6.92 Å². The lowest BCUT2D eigenvalue weighted by atomic mass is 10.2. The van der Waals surface area contributed by atoms with Gasteiger partial charge in [0.15, 0.2) is 5.12 Å². The average molecular weight is 180 g/mol. The molecule has 0 saturated heterocycles. The van der Waals surface area contributed by atoms with Gasteiger partial charge in [0.2, 0.25) is 0 Å². The highest BCUT2D eigenvalue weighted by atomic mass is 32.2. The van der Waals surface area contributed by atoms with Crippen molar-refractivity contribution in [3.63, 3.8) is 0 Å². The van der Waals surface area contributed by atoms with E-state index in [-0.39, 0.29) is 5.12 Å². The van der Waals surface area contributed by atoms with Crippen molar-refractivity contribution >= 4 is 16.9 Å². The highest BCUT2D eigenvalue weighted by molar-refractivity contribution is 8.13. The van der Waals surface area contributed by atoms with Gasteiger partial charge < -0.3 is 0 Å². The quantitative estimate of drug-likeness (QED) is 0.618. The lowest BCUT2D eigenvalue weighted by molar-refractivity contribution is -0.109. The van der Waals surface area contributed by atoms with Crippen LogP contribution in [0.5, 0.6) is 0 Å². The van der Waals surface area contributed by atoms with E-state index in [4.69, 9.17) is 0 Å². The van der Waals surface area contributed by atoms with Gasteiger partial charge in [-0.1, -0.05) is 29.5 Å². The first-order valence-corrected chi connectivity index (χ1v) is 4.67. The third-order valence-corrected chi connectivity index (χ3v) is 2.55. The van der Waals surface area contributed by atoms with Crippen molar-refractivity contribution in [1.82, 2.24) is 0 Å². The molecule has 0 N–H and O–H groups in total. The molecule has 0 atom stereocenters. The van der Waals surface area contributed by atoms with E-state index in [1.807, 2.05) is 19.1 Å². The van der Waals surface area contributed by atoms with Crippen LogP contribution in [0.15, 0.2) is 23.1 Å². The Morgan fingerprint density at radius 3 is 2.50 bits per heavy atom. The predicted octanol–water partition coefficient (Wildman–Crippen LogP) is 2.94. The second-order valence-corrected chi connectivity index (χ2v) is 4.08. The molecule has 0 radical (unpaired) electrons. The van der Waals surface area contributed by atoms with Gasteiger partial charge in [-0.3, -0.25) is 4.79 Å². The van der Waals surface area contributed by atoms with Gasteiger partial charge in [-0.15, -0.1) is 0 Å². The molecule has 1 rings (SSSR count). The van der Waals surface area contributed by atoms with Crippen LogP contribution in [-0.4, -0.2) is 5.12 Å². The van der Waals surface area contributed by atoms with E-state index in [9.17, 15) is 4.79 Å². The molecule has 1 nitrogen and oxygen atoms in total. The summed E-state index contributed by atoms with van der Waals surface area (Å²) in [5.74, 6) is 0. The molecule has 12 heavy (non-hydrogen) atoms. The molecule has 0 heterocycles. The number of hydrogen-bond donors (Lipinski definition) is 0. The Balaban J connectivity index is 2.93. The van der Waals surface area contributed by atoms with E-state index < -0.39 is 0 Å². The van der Waals surface area contributed by atoms with Gasteiger partial charge in [-0.2, -0.15) is 0 Å². The summed E-state index contributed by atoms with van der Waals surface area (Å²) in [7, 11) is 0. The summed E-state index contributed by atoms with van der Waals surface area (Å²) < 4.78 is 0. The van der Waals surface area contributed by atoms with Gasteiger partial charge in [-0.25, -0.2) is 0 Å². The Morgan fingerprint density at radius 2 is 2.00 bits per heavy atom. The van der Waals surface area contributed by atoms with Crippen molar-refractivity contribution in [3.8, 4) is 0 Å². The van der Waals surface area contributed by atoms with E-state index in [1.165, 1.54) is 22.9 Å². The second-order valence-electron chi connectivity index (χ2n) is 2.86. The molecule has 0 aliphatic carbocycles. The minimum atomic E-state index is 0.141. The Labute approximate surface area is 77.2 Å². The second kappa shape index (κ2) is 3.76. The fourth-order valence-corrected chi connectivity index (χ4v) is 1.73. The molecule has 0 aliphatic rings. The summed E-state index contributed by atoms with van der Waals surface area (Å²) >= 11 is 1.29. The molecule has 64 valence electrons. The molecule has 0 fully saturated rings. The predicted molar refractivity (Wildman–Crippen MR) is 52.5 cm³/mol. The summed E-state index contributed by atoms with van der Waals surface area (Å²) in [6.45, 7) is 5.66. The first-order valence-electron chi connectivity index (χ1n) is 3.85. The van der Waals surface area contributed by atoms with Crippen molar-refractivity contribution in [2.45, 2.75) is 25.7 Å². The maximum absolute atomic E-state index is 10.8. The third kappa shape index (κ3) is 2.38. The molecule has 0 unspecified atom stereocenters. The smallest absolute Gasteiger partial charge is 0.190 e. The SMILES string of the molecule is CC(=O)Sc1ccc(C)cc1C. The Kier molecular flexibility index (Phi) is 2.93. The van der Waals surface area contributed by atoms with Crippen LogP contribution in [0.3, 0.4) is 0 Å². The van der Waals surface area contributed by atoms with Gasteiger partial charge >= 0.3 is 0 Å². The van der Waals surface area contributed by atoms with E-state index >= 15 is 0 Å². The van der Waals surface area contributed by atoms with Crippen LogP contribution in [0.1, 0.15) is 18.1 Å². The zero-order chi connectivity index (χ0) is 9.14. The molecule has 0 aliphatic heterocycles. The minimum Gasteiger partial charge on any atom is -0.287 e. The van der Waals surface area contributed by atoms with Gasteiger partial charge in [-0.05, 0) is 25.5 Å². The number of carbonyl (C=O) groups excluding carboxylic acids is 1. The van der Waals surface area contributed by atoms with Crippen LogP contribution >= 0.6 is 11.8 Å². The van der Waals surface area contributed by atoms with E-state index in [2.05, 4.69) is 13.0 Å². The maximum Gasteiger partial charge on any atom is 0.190 e. The molecular formula is C10H12OS. The highest BCUT2D eigenvalue weighted by Gasteiger charge is 2.01. The molecule has 0 spiro atoms. The fraction of sp³-hybridized carbons (Fsp3) is 0.300. The summed E-state index contributed by atoms with van der Waals surface area (Å²) in [6, 6.07) is 6.11. The molecule has 0 aromatic heterocycles. The lowest BCUT2D eigenvalue weighted by Crippen LogP contribution is -1.85. The van der Waals surface area contributed by atoms with Gasteiger partial charge in [0.05, 0.1) is 0 Å². The molecular weight excluding hydrogens is 168 g/mol. The standard InChI is InChI=1S/C10H12OS/c1-7-4-5-10(8(2)6-7)12-9(3)11/h4-6H,1-3H3. The van der Waals surface area contributed by atoms with Crippen LogP contribution in [0.4, 0.5) is 0 Å². The molecule has 2 heteroatoms. The summed E-state index contributed by atoms with van der Waals surface area (Å²) in [4.78, 5) is 11.9. The Hall–Kier alpha value is -0.760. The van der Waals surface area contributed by atoms with Crippen molar-refractivity contribution < 1.29 is 4.79 Å². The highest BCUT2D eigenvalue weighted by Crippen LogP contribution is 2.23. The fourth-order valence-electron chi connectivity index (χ4n) is 1.07. The Bertz CT molecular complexity index is 305. The number of aryl methyl sites for hydroxylation is 2. The van der Waals surface area contributed by atoms with Crippen molar-refractivity contribution in [3.05, 3.63) is 29.3 Å². The Morgan fingerprint density at radius 1 is 1.33 bits per heavy atom. The van der Waals surface area contributed by atoms with Crippen LogP contribution in [-0.2, 0) is 4.79 Å². The largest absolute Gasteiger partial charge is 0.287 e. The average Bonchev–Trinajstić information content (AvgIpc) is 1.94. The summed E-state index contributed by atoms with van der Waals surface area (Å²) in [6.07, 6.45) is 0. The topological polar surface area (TPSA) is 17.1 Å². The van der Waals surface area contributed by atoms with Crippen molar-refractivity contribution in [2.24, 2.45) is 0 Å². The van der Waals surface area contributed by atoms with Gasteiger partial charge in [0.1, 0.15) is 0 Å². The van der Waals surface area contributed by atoms with Crippen molar-refractivity contribution in [2.75, 3.05) is 0 Å². The van der Waals surface area contributed by atoms with E-state index in [0.717, 1.165) is 4.90 Å². The molecule has 1 aromatic carbocycles. The normalized spacial score (nSPS) is 9.92. The number of carbonyl (C=O) groups is 1. The van der Waals surface area contributed by atoms with E-state index in [0.29, 0.717) is 0 Å². The van der Waals surface area contributed by atoms with Crippen LogP contribution in [0.25, 0.3) is 0 Å². The number of hydrogen-bond acceptors (Lipinski definition) is 2. The lowest BCUT2D eigenvalue weighted by Gasteiger charge is -2.02. The van der Waals surface area contributed by atoms with Gasteiger partial charge in [0.25, 0.3) is 0 Å². The minimum absolute atomic E-state index is 0.141. The first-order chi connectivity index (χ1) is 5.59. The molecule has 0 saturated carbocycles. The zero-order valence-corrected chi connectivity index (χ0v) is 8.37. The zero-order valence-electron chi connectivity index (χ0n) is 7.55. The van der Waals surface area contributed by atoms with Crippen molar-refractivity contribution in [1.29, 1.82) is 0 Å². The summed E-state index contributed by atoms with van der Waals surface area (Å²) in [5, 5.41) is 0.141. The third-order valence-electron chi connectivity index (χ3n) is 1.58. The maximum atomic E-state index is 10.8. The molecule has 0 amide bonds. The first kappa shape index (κ1) is 9.33. The van der Waals surface area contributed by atoms with Gasteiger partial charge in [0, 0.05) is 11.8 Å². The van der Waals surface area contributed by atoms with Crippen LogP contribution in [0.2, 0.25) is 0 Å². The number of rotatable bonds is 1. The summed E-state index contributed by atoms with van der Waals surface area (Å²) in [5.41, 5.74) is 2.41. The number of benzene rings is 1. The van der Waals surface area contributed by atoms with Crippen LogP contribution < -0.4 is 0 Å². The monoisotopic (exact) mass is 180 g/mol. The number of thioether (sulfide) groups is 1. The molecule has 0 bridgehead atoms. The molecule has 1 aromatic rings. The van der Waals surface area contributed by atoms with Crippen LogP contribution in [0, 0.1) is 13.8 Å².